The van der Waals surface area contributed by atoms with Gasteiger partial charge in [-0.3, -0.25) is 4.79 Å². The third-order valence-electron chi connectivity index (χ3n) is 2.94. The quantitative estimate of drug-likeness (QED) is 0.753. The van der Waals surface area contributed by atoms with Gasteiger partial charge >= 0.3 is 0 Å². The van der Waals surface area contributed by atoms with Crippen LogP contribution in [0.1, 0.15) is 21.5 Å². The number of rotatable bonds is 4. The Labute approximate surface area is 128 Å². The molecule has 2 nitrogen and oxygen atoms in total. The fourth-order valence-corrected chi connectivity index (χ4v) is 2.44. The molecule has 0 saturated heterocycles. The van der Waals surface area contributed by atoms with Gasteiger partial charge in [-0.1, -0.05) is 23.2 Å². The van der Waals surface area contributed by atoms with Gasteiger partial charge in [-0.05, 0) is 61.4 Å². The van der Waals surface area contributed by atoms with E-state index in [1.807, 2.05) is 26.0 Å². The molecule has 20 heavy (non-hydrogen) atoms. The standard InChI is InChI=1S/C16H14Cl2O2/c1-10-7-14(18)8-11(2)16(10)20-9-15(19)12-3-5-13(17)6-4-12/h3-8H,9H2,1-2H3. The second kappa shape index (κ2) is 6.29. The molecule has 0 heterocycles. The summed E-state index contributed by atoms with van der Waals surface area (Å²) in [6, 6.07) is 10.4. The lowest BCUT2D eigenvalue weighted by atomic mass is 10.1. The van der Waals surface area contributed by atoms with Gasteiger partial charge in [0.2, 0.25) is 0 Å². The molecule has 0 unspecified atom stereocenters. The lowest BCUT2D eigenvalue weighted by molar-refractivity contribution is 0.0920. The number of aryl methyl sites for hydroxylation is 2. The molecule has 2 aromatic carbocycles. The van der Waals surface area contributed by atoms with Crippen molar-refractivity contribution >= 4 is 29.0 Å². The van der Waals surface area contributed by atoms with E-state index in [1.165, 1.54) is 0 Å². The van der Waals surface area contributed by atoms with Crippen molar-refractivity contribution in [3.05, 3.63) is 63.1 Å². The Kier molecular flexibility index (Phi) is 4.69. The Hall–Kier alpha value is -1.51. The van der Waals surface area contributed by atoms with Crippen LogP contribution in [0.2, 0.25) is 10.0 Å². The number of hydrogen-bond acceptors (Lipinski definition) is 2. The average Bonchev–Trinajstić information content (AvgIpc) is 2.38. The van der Waals surface area contributed by atoms with Crippen LogP contribution in [0.3, 0.4) is 0 Å². The molecule has 0 N–H and O–H groups in total. The zero-order valence-corrected chi connectivity index (χ0v) is 12.8. The molecule has 0 atom stereocenters. The van der Waals surface area contributed by atoms with E-state index in [1.54, 1.807) is 24.3 Å². The van der Waals surface area contributed by atoms with Crippen LogP contribution in [0.4, 0.5) is 0 Å². The van der Waals surface area contributed by atoms with Gasteiger partial charge in [0.15, 0.2) is 12.4 Å². The van der Waals surface area contributed by atoms with Gasteiger partial charge in [0, 0.05) is 15.6 Å². The van der Waals surface area contributed by atoms with E-state index < -0.39 is 0 Å². The summed E-state index contributed by atoms with van der Waals surface area (Å²) in [6.07, 6.45) is 0. The number of carbonyl (C=O) groups excluding carboxylic acids is 1. The second-order valence-corrected chi connectivity index (χ2v) is 5.46. The highest BCUT2D eigenvalue weighted by molar-refractivity contribution is 6.31. The summed E-state index contributed by atoms with van der Waals surface area (Å²) in [7, 11) is 0. The maximum absolute atomic E-state index is 12.0. The minimum absolute atomic E-state index is 0.00898. The van der Waals surface area contributed by atoms with Crippen LogP contribution >= 0.6 is 23.2 Å². The zero-order chi connectivity index (χ0) is 14.7. The van der Waals surface area contributed by atoms with E-state index in [4.69, 9.17) is 27.9 Å². The molecular weight excluding hydrogens is 295 g/mol. The highest BCUT2D eigenvalue weighted by Crippen LogP contribution is 2.27. The number of carbonyl (C=O) groups is 1. The van der Waals surface area contributed by atoms with Crippen molar-refractivity contribution in [2.45, 2.75) is 13.8 Å². The zero-order valence-electron chi connectivity index (χ0n) is 11.2. The number of halogens is 2. The fraction of sp³-hybridized carbons (Fsp3) is 0.188. The van der Waals surface area contributed by atoms with E-state index in [0.29, 0.717) is 21.4 Å². The molecule has 0 saturated carbocycles. The smallest absolute Gasteiger partial charge is 0.200 e. The second-order valence-electron chi connectivity index (χ2n) is 4.59. The van der Waals surface area contributed by atoms with Crippen molar-refractivity contribution < 1.29 is 9.53 Å². The van der Waals surface area contributed by atoms with Crippen LogP contribution in [0.25, 0.3) is 0 Å². The maximum atomic E-state index is 12.0. The Balaban J connectivity index is 2.09. The molecule has 0 spiro atoms. The third-order valence-corrected chi connectivity index (χ3v) is 3.41. The Morgan fingerprint density at radius 1 is 1.00 bits per heavy atom. The molecule has 104 valence electrons. The topological polar surface area (TPSA) is 26.3 Å². The molecule has 0 amide bonds. The van der Waals surface area contributed by atoms with Gasteiger partial charge < -0.3 is 4.74 Å². The Bertz CT molecular complexity index is 610. The monoisotopic (exact) mass is 308 g/mol. The molecule has 0 aliphatic carbocycles. The van der Waals surface area contributed by atoms with Crippen molar-refractivity contribution in [3.8, 4) is 5.75 Å². The van der Waals surface area contributed by atoms with Crippen molar-refractivity contribution in [3.63, 3.8) is 0 Å². The average molecular weight is 309 g/mol. The van der Waals surface area contributed by atoms with Crippen molar-refractivity contribution in [1.82, 2.24) is 0 Å². The van der Waals surface area contributed by atoms with E-state index >= 15 is 0 Å². The first-order valence-electron chi connectivity index (χ1n) is 6.15. The van der Waals surface area contributed by atoms with E-state index in [-0.39, 0.29) is 12.4 Å². The lowest BCUT2D eigenvalue weighted by Crippen LogP contribution is -2.12. The SMILES string of the molecule is Cc1cc(Cl)cc(C)c1OCC(=O)c1ccc(Cl)cc1. The first-order chi connectivity index (χ1) is 9.47. The minimum Gasteiger partial charge on any atom is -0.485 e. The van der Waals surface area contributed by atoms with E-state index in [2.05, 4.69) is 0 Å². The molecular formula is C16H14Cl2O2. The third kappa shape index (κ3) is 3.53. The molecule has 0 fully saturated rings. The Morgan fingerprint density at radius 2 is 1.55 bits per heavy atom. The van der Waals surface area contributed by atoms with Crippen molar-refractivity contribution in [2.24, 2.45) is 0 Å². The molecule has 2 rings (SSSR count). The largest absolute Gasteiger partial charge is 0.485 e. The molecule has 0 aromatic heterocycles. The van der Waals surface area contributed by atoms with Crippen LogP contribution in [-0.4, -0.2) is 12.4 Å². The van der Waals surface area contributed by atoms with Crippen LogP contribution in [0.15, 0.2) is 36.4 Å². The predicted molar refractivity (Wildman–Crippen MR) is 82.2 cm³/mol. The highest BCUT2D eigenvalue weighted by atomic mass is 35.5. The number of Topliss-reactive ketones (excluding diaryl/α,β-unsaturated/α-hetero) is 1. The summed E-state index contributed by atoms with van der Waals surface area (Å²) in [5, 5.41) is 1.27. The van der Waals surface area contributed by atoms with Gasteiger partial charge in [-0.2, -0.15) is 0 Å². The molecule has 0 radical (unpaired) electrons. The summed E-state index contributed by atoms with van der Waals surface area (Å²) >= 11 is 11.8. The first kappa shape index (κ1) is 14.9. The van der Waals surface area contributed by atoms with Gasteiger partial charge in [-0.25, -0.2) is 0 Å². The van der Waals surface area contributed by atoms with Crippen molar-refractivity contribution in [2.75, 3.05) is 6.61 Å². The number of benzene rings is 2. The summed E-state index contributed by atoms with van der Waals surface area (Å²) in [5.74, 6) is 0.618. The normalized spacial score (nSPS) is 10.4. The summed E-state index contributed by atoms with van der Waals surface area (Å²) in [5.41, 5.74) is 2.41. The van der Waals surface area contributed by atoms with Crippen molar-refractivity contribution in [1.29, 1.82) is 0 Å². The van der Waals surface area contributed by atoms with Crippen LogP contribution in [0, 0.1) is 13.8 Å². The van der Waals surface area contributed by atoms with Crippen LogP contribution in [0.5, 0.6) is 5.75 Å². The minimum atomic E-state index is -0.0876. The summed E-state index contributed by atoms with van der Waals surface area (Å²) in [4.78, 5) is 12.0. The first-order valence-corrected chi connectivity index (χ1v) is 6.91. The van der Waals surface area contributed by atoms with Gasteiger partial charge in [0.25, 0.3) is 0 Å². The fourth-order valence-electron chi connectivity index (χ4n) is 1.98. The Morgan fingerprint density at radius 3 is 2.10 bits per heavy atom. The summed E-state index contributed by atoms with van der Waals surface area (Å²) in [6.45, 7) is 3.80. The van der Waals surface area contributed by atoms with Gasteiger partial charge in [0.1, 0.15) is 5.75 Å². The van der Waals surface area contributed by atoms with Gasteiger partial charge in [-0.15, -0.1) is 0 Å². The maximum Gasteiger partial charge on any atom is 0.200 e. The van der Waals surface area contributed by atoms with Gasteiger partial charge in [0.05, 0.1) is 0 Å². The van der Waals surface area contributed by atoms with E-state index in [9.17, 15) is 4.79 Å². The number of ketones is 1. The molecule has 0 aliphatic rings. The highest BCUT2D eigenvalue weighted by Gasteiger charge is 2.10. The number of hydrogen-bond donors (Lipinski definition) is 0. The lowest BCUT2D eigenvalue weighted by Gasteiger charge is -2.12. The molecule has 0 bridgehead atoms. The van der Waals surface area contributed by atoms with E-state index in [0.717, 1.165) is 11.1 Å². The summed E-state index contributed by atoms with van der Waals surface area (Å²) < 4.78 is 5.63. The predicted octanol–water partition coefficient (Wildman–Crippen LogP) is 4.87. The van der Waals surface area contributed by atoms with Crippen LogP contribution < -0.4 is 4.74 Å². The number of ether oxygens (including phenoxy) is 1. The van der Waals surface area contributed by atoms with Crippen LogP contribution in [-0.2, 0) is 0 Å². The molecule has 4 heteroatoms. The molecule has 2 aromatic rings. The molecule has 0 aliphatic heterocycles.